The summed E-state index contributed by atoms with van der Waals surface area (Å²) >= 11 is 8.23. The van der Waals surface area contributed by atoms with E-state index in [1.807, 2.05) is 22.9 Å². The van der Waals surface area contributed by atoms with E-state index in [1.54, 1.807) is 29.8 Å². The minimum absolute atomic E-state index is 0.223. The Morgan fingerprint density at radius 3 is 2.65 bits per heavy atom. The van der Waals surface area contributed by atoms with Crippen molar-refractivity contribution in [2.75, 3.05) is 26.0 Å². The summed E-state index contributed by atoms with van der Waals surface area (Å²) in [6, 6.07) is 11.8. The van der Waals surface area contributed by atoms with Gasteiger partial charge in [-0.2, -0.15) is 18.3 Å². The van der Waals surface area contributed by atoms with Crippen molar-refractivity contribution in [3.63, 3.8) is 0 Å². The lowest BCUT2D eigenvalue weighted by molar-refractivity contribution is -0.833. The Labute approximate surface area is 281 Å². The van der Waals surface area contributed by atoms with E-state index in [0.29, 0.717) is 10.8 Å². The van der Waals surface area contributed by atoms with Gasteiger partial charge in [0.2, 0.25) is 0 Å². The summed E-state index contributed by atoms with van der Waals surface area (Å²) in [5, 5.41) is 18.7. The van der Waals surface area contributed by atoms with Gasteiger partial charge in [0.15, 0.2) is 0 Å². The molecule has 15 heteroatoms. The molecule has 0 amide bonds. The molecule has 48 heavy (non-hydrogen) atoms. The van der Waals surface area contributed by atoms with Crippen LogP contribution in [0.15, 0.2) is 73.3 Å². The molecule has 9 nitrogen and oxygen atoms in total. The van der Waals surface area contributed by atoms with Gasteiger partial charge >= 0.3 is 6.18 Å². The van der Waals surface area contributed by atoms with Gasteiger partial charge in [0.25, 0.3) is 0 Å². The lowest BCUT2D eigenvalue weighted by Crippen LogP contribution is -2.37. The molecule has 0 unspecified atom stereocenters. The number of carboxylic acids is 1. The molecule has 0 radical (unpaired) electrons. The standard InChI is InChI=1S/C31H27ClFN6OS.C2HF3O2/c1-39(2)12-10-22(11-13-39)38-16-24-26(37-38)8-7-23-28-30(34-18-35-31(28)41-29(23)24)36-21-6-9-27(25(32)15-21)40-17-19-4-3-5-20(33)14-19;3-2(4,5)1(6)7/h3-6,9-12,14-16,18H,7-8,13,17H2,1-2H3,(H,34,35,36);(H,6,7)/q+1;/p-1. The second kappa shape index (κ2) is 13.0. The minimum atomic E-state index is -5.19. The number of alkyl halides is 3. The maximum Gasteiger partial charge on any atom is 0.430 e. The summed E-state index contributed by atoms with van der Waals surface area (Å²) in [6.45, 7) is 1.15. The van der Waals surface area contributed by atoms with E-state index in [4.69, 9.17) is 31.3 Å². The number of carboxylic acid groups (broad SMARTS) is 1. The second-order valence-corrected chi connectivity index (χ2v) is 13.0. The van der Waals surface area contributed by atoms with Crippen molar-refractivity contribution in [2.24, 2.45) is 0 Å². The number of aryl methyl sites for hydroxylation is 2. The molecule has 5 aromatic rings. The molecule has 0 saturated carbocycles. The van der Waals surface area contributed by atoms with E-state index in [9.17, 15) is 17.6 Å². The highest BCUT2D eigenvalue weighted by atomic mass is 35.5. The normalized spacial score (nSPS) is 14.8. The van der Waals surface area contributed by atoms with Crippen LogP contribution in [0, 0.1) is 5.82 Å². The van der Waals surface area contributed by atoms with Gasteiger partial charge in [0.1, 0.15) is 47.7 Å². The number of anilines is 2. The molecule has 2 aliphatic rings. The highest BCUT2D eigenvalue weighted by Crippen LogP contribution is 2.45. The number of carbonyl (C=O) groups is 1. The summed E-state index contributed by atoms with van der Waals surface area (Å²) in [5.41, 5.74) is 6.14. The maximum absolute atomic E-state index is 13.5. The van der Waals surface area contributed by atoms with Crippen molar-refractivity contribution in [3.05, 3.63) is 101 Å². The van der Waals surface area contributed by atoms with Gasteiger partial charge in [-0.3, -0.25) is 4.48 Å². The number of thiophene rings is 1. The number of quaternary nitrogens is 1. The minimum Gasteiger partial charge on any atom is -0.542 e. The first-order valence-corrected chi connectivity index (χ1v) is 15.8. The van der Waals surface area contributed by atoms with Gasteiger partial charge in [-0.05, 0) is 60.4 Å². The van der Waals surface area contributed by atoms with E-state index in [2.05, 4.69) is 53.9 Å². The van der Waals surface area contributed by atoms with Crippen LogP contribution in [0.1, 0.15) is 16.8 Å². The number of nitrogens with zero attached hydrogens (tertiary/aromatic N) is 5. The molecular formula is C33H27ClF4N6O3S. The van der Waals surface area contributed by atoms with Gasteiger partial charge in [0, 0.05) is 28.4 Å². The number of halogens is 5. The van der Waals surface area contributed by atoms with Crippen LogP contribution in [-0.2, 0) is 24.2 Å². The summed E-state index contributed by atoms with van der Waals surface area (Å²) in [4.78, 5) is 20.1. The molecule has 3 aromatic heterocycles. The Balaban J connectivity index is 0.000000519. The summed E-state index contributed by atoms with van der Waals surface area (Å²) in [6.07, 6.45) is 6.85. The van der Waals surface area contributed by atoms with E-state index in [0.717, 1.165) is 68.1 Å². The Kier molecular flexibility index (Phi) is 8.98. The predicted molar refractivity (Wildman–Crippen MR) is 173 cm³/mol. The quantitative estimate of drug-likeness (QED) is 0.159. The number of aromatic nitrogens is 4. The zero-order chi connectivity index (χ0) is 34.2. The molecule has 1 aliphatic heterocycles. The lowest BCUT2D eigenvalue weighted by atomic mass is 9.95. The Morgan fingerprint density at radius 1 is 1.17 bits per heavy atom. The number of ether oxygens (including phenoxy) is 1. The van der Waals surface area contributed by atoms with Crippen LogP contribution in [0.25, 0.3) is 26.4 Å². The molecule has 7 rings (SSSR count). The highest BCUT2D eigenvalue weighted by molar-refractivity contribution is 7.22. The first-order valence-electron chi connectivity index (χ1n) is 14.6. The lowest BCUT2D eigenvalue weighted by Gasteiger charge is -2.26. The number of allylic oxidation sites excluding steroid dienone is 2. The van der Waals surface area contributed by atoms with Crippen molar-refractivity contribution in [2.45, 2.75) is 25.6 Å². The van der Waals surface area contributed by atoms with Crippen LogP contribution in [0.2, 0.25) is 5.02 Å². The Morgan fingerprint density at radius 2 is 1.96 bits per heavy atom. The number of fused-ring (bicyclic) bond motifs is 5. The largest absolute Gasteiger partial charge is 0.542 e. The van der Waals surface area contributed by atoms with Crippen LogP contribution in [0.3, 0.4) is 0 Å². The molecule has 0 saturated heterocycles. The van der Waals surface area contributed by atoms with Crippen molar-refractivity contribution in [1.29, 1.82) is 0 Å². The molecule has 0 spiro atoms. The number of hydrogen-bond acceptors (Lipinski definition) is 8. The van der Waals surface area contributed by atoms with Gasteiger partial charge in [-0.15, -0.1) is 11.3 Å². The summed E-state index contributed by atoms with van der Waals surface area (Å²) in [5.74, 6) is -2.04. The first-order chi connectivity index (χ1) is 22.8. The fourth-order valence-corrected chi connectivity index (χ4v) is 6.69. The van der Waals surface area contributed by atoms with E-state index < -0.39 is 12.1 Å². The number of nitrogens with one attached hydrogen (secondary N) is 1. The van der Waals surface area contributed by atoms with Crippen LogP contribution < -0.4 is 15.2 Å². The maximum atomic E-state index is 13.5. The third-order valence-electron chi connectivity index (χ3n) is 7.63. The fraction of sp³-hybridized carbons (Fsp3) is 0.212. The number of benzene rings is 2. The molecule has 0 fully saturated rings. The SMILES string of the molecule is C[N+]1(C)C=CC(n2cc3c(n2)CCc2c-3sc3ncnc(Nc4ccc(OCc5cccc(F)c5)c(Cl)c4)c23)=CC1.O=C([O-])C(F)(F)F. The number of carbonyl (C=O) groups excluding carboxylic acids is 1. The second-order valence-electron chi connectivity index (χ2n) is 11.6. The van der Waals surface area contributed by atoms with E-state index >= 15 is 0 Å². The van der Waals surface area contributed by atoms with Crippen LogP contribution in [0.4, 0.5) is 29.1 Å². The predicted octanol–water partition coefficient (Wildman–Crippen LogP) is 6.51. The zero-order valence-corrected chi connectivity index (χ0v) is 27.1. The number of hydrogen-bond donors (Lipinski definition) is 1. The fourth-order valence-electron chi connectivity index (χ4n) is 5.23. The van der Waals surface area contributed by atoms with Gasteiger partial charge in [-0.1, -0.05) is 23.7 Å². The van der Waals surface area contributed by atoms with Gasteiger partial charge in [0.05, 0.1) is 42.1 Å². The third kappa shape index (κ3) is 7.20. The molecule has 4 heterocycles. The van der Waals surface area contributed by atoms with Gasteiger partial charge in [-0.25, -0.2) is 19.0 Å². The van der Waals surface area contributed by atoms with Crippen LogP contribution in [0.5, 0.6) is 5.75 Å². The van der Waals surface area contributed by atoms with Crippen molar-refractivity contribution in [3.8, 4) is 16.2 Å². The molecule has 2 aromatic carbocycles. The molecular weight excluding hydrogens is 672 g/mol. The molecule has 0 bridgehead atoms. The summed E-state index contributed by atoms with van der Waals surface area (Å²) in [7, 11) is 4.36. The topological polar surface area (TPSA) is 105 Å². The molecule has 248 valence electrons. The first kappa shape index (κ1) is 33.1. The average molecular weight is 699 g/mol. The Bertz CT molecular complexity index is 2090. The number of likely N-dealkylation sites (N-methyl/N-ethyl adjacent to an activating group) is 1. The van der Waals surface area contributed by atoms with Crippen LogP contribution >= 0.6 is 22.9 Å². The van der Waals surface area contributed by atoms with Gasteiger partial charge < -0.3 is 20.0 Å². The van der Waals surface area contributed by atoms with Crippen molar-refractivity contribution < 1.29 is 36.7 Å². The van der Waals surface area contributed by atoms with Crippen molar-refractivity contribution >= 4 is 56.3 Å². The van der Waals surface area contributed by atoms with E-state index in [-0.39, 0.29) is 12.4 Å². The monoisotopic (exact) mass is 698 g/mol. The van der Waals surface area contributed by atoms with Crippen LogP contribution in [-0.4, -0.2) is 57.0 Å². The highest BCUT2D eigenvalue weighted by Gasteiger charge is 2.29. The average Bonchev–Trinajstić information content (AvgIpc) is 3.63. The summed E-state index contributed by atoms with van der Waals surface area (Å²) < 4.78 is 53.7. The smallest absolute Gasteiger partial charge is 0.430 e. The molecule has 1 aliphatic carbocycles. The van der Waals surface area contributed by atoms with E-state index in [1.165, 1.54) is 22.6 Å². The molecule has 0 atom stereocenters. The Hall–Kier alpha value is -4.79. The molecule has 1 N–H and O–H groups in total. The number of aliphatic carboxylic acids is 1. The third-order valence-corrected chi connectivity index (χ3v) is 9.10. The zero-order valence-electron chi connectivity index (χ0n) is 25.5. The number of rotatable bonds is 6. The van der Waals surface area contributed by atoms with Crippen molar-refractivity contribution in [1.82, 2.24) is 19.7 Å².